The molecule has 0 unspecified atom stereocenters. The third-order valence-corrected chi connectivity index (χ3v) is 6.66. The summed E-state index contributed by atoms with van der Waals surface area (Å²) in [5, 5.41) is 34.2. The van der Waals surface area contributed by atoms with E-state index in [0.29, 0.717) is 11.2 Å². The van der Waals surface area contributed by atoms with Crippen molar-refractivity contribution in [3.8, 4) is 11.8 Å². The van der Waals surface area contributed by atoms with Gasteiger partial charge in [-0.25, -0.2) is 22.6 Å². The summed E-state index contributed by atoms with van der Waals surface area (Å²) in [6, 6.07) is 9.01. The molecule has 1 fully saturated rings. The van der Waals surface area contributed by atoms with Crippen LogP contribution in [0.5, 0.6) is 5.75 Å². The first-order valence-corrected chi connectivity index (χ1v) is 10.9. The number of hydrogen-bond donors (Lipinski definition) is 4. The number of ether oxygens (including phenoxy) is 2. The Labute approximate surface area is 182 Å². The van der Waals surface area contributed by atoms with Crippen molar-refractivity contribution in [2.24, 2.45) is 0 Å². The smallest absolute Gasteiger partial charge is 0.240 e. The van der Waals surface area contributed by atoms with Crippen molar-refractivity contribution in [2.75, 3.05) is 19.4 Å². The van der Waals surface area contributed by atoms with E-state index in [1.165, 1.54) is 36.2 Å². The number of aliphatic hydroxyl groups excluding tert-OH is 2. The minimum absolute atomic E-state index is 0.0596. The highest BCUT2D eigenvalue weighted by atomic mass is 32.2. The Hall–Kier alpha value is -3.28. The number of benzene rings is 1. The van der Waals surface area contributed by atoms with E-state index in [2.05, 4.69) is 14.8 Å². The number of aromatic nitrogens is 3. The first-order chi connectivity index (χ1) is 15.3. The fourth-order valence-electron chi connectivity index (χ4n) is 3.57. The summed E-state index contributed by atoms with van der Waals surface area (Å²) in [6.07, 6.45) is -3.45. The molecule has 2 aromatic heterocycles. The molecule has 0 amide bonds. The average molecular weight is 460 g/mol. The summed E-state index contributed by atoms with van der Waals surface area (Å²) in [5.74, 6) is 0.482. The second-order valence-corrected chi connectivity index (χ2v) is 8.87. The fourth-order valence-corrected chi connectivity index (χ4v) is 4.64. The lowest BCUT2D eigenvalue weighted by atomic mass is 10.1. The number of nitriles is 1. The Morgan fingerprint density at radius 1 is 1.31 bits per heavy atom. The molecular weight excluding hydrogens is 440 g/mol. The zero-order valence-electron chi connectivity index (χ0n) is 16.8. The van der Waals surface area contributed by atoms with Crippen LogP contribution in [0.3, 0.4) is 0 Å². The fraction of sp³-hybridized carbons (Fsp3) is 0.316. The largest absolute Gasteiger partial charge is 0.495 e. The molecule has 0 radical (unpaired) electrons. The molecule has 32 heavy (non-hydrogen) atoms. The van der Waals surface area contributed by atoms with Crippen LogP contribution in [0.4, 0.5) is 5.82 Å². The quantitative estimate of drug-likeness (QED) is 0.368. The zero-order valence-corrected chi connectivity index (χ0v) is 17.6. The number of methoxy groups -OCH3 is 1. The Bertz CT molecular complexity index is 1300. The summed E-state index contributed by atoms with van der Waals surface area (Å²) < 4.78 is 39.9. The zero-order chi connectivity index (χ0) is 23.0. The molecule has 0 bridgehead atoms. The highest BCUT2D eigenvalue weighted by Crippen LogP contribution is 2.34. The van der Waals surface area contributed by atoms with Crippen LogP contribution in [0.15, 0.2) is 41.6 Å². The van der Waals surface area contributed by atoms with Crippen LogP contribution in [-0.2, 0) is 14.8 Å². The van der Waals surface area contributed by atoms with Crippen molar-refractivity contribution >= 4 is 21.4 Å². The Morgan fingerprint density at radius 3 is 2.81 bits per heavy atom. The SMILES string of the molecule is COc1ccc(S(=O)(=O)NC[C@H]2O[C@@H](c3ccc4c(N)ncnn34)[C@H](O)[C@@H]2O)cc1C#N. The van der Waals surface area contributed by atoms with Crippen LogP contribution in [0, 0.1) is 11.3 Å². The van der Waals surface area contributed by atoms with E-state index in [1.807, 2.05) is 6.07 Å². The lowest BCUT2D eigenvalue weighted by Gasteiger charge is -2.16. The van der Waals surface area contributed by atoms with E-state index < -0.39 is 34.4 Å². The first kappa shape index (κ1) is 21.9. The maximum absolute atomic E-state index is 12.7. The monoisotopic (exact) mass is 460 g/mol. The van der Waals surface area contributed by atoms with E-state index in [9.17, 15) is 23.9 Å². The molecule has 1 saturated heterocycles. The lowest BCUT2D eigenvalue weighted by Crippen LogP contribution is -2.39. The Kier molecular flexibility index (Phi) is 5.71. The van der Waals surface area contributed by atoms with E-state index in [4.69, 9.17) is 15.2 Å². The van der Waals surface area contributed by atoms with Crippen molar-refractivity contribution < 1.29 is 28.1 Å². The highest BCUT2D eigenvalue weighted by Gasteiger charge is 2.45. The van der Waals surface area contributed by atoms with Crippen molar-refractivity contribution in [1.82, 2.24) is 19.3 Å². The van der Waals surface area contributed by atoms with Crippen molar-refractivity contribution in [3.05, 3.63) is 47.9 Å². The van der Waals surface area contributed by atoms with Gasteiger partial charge in [0, 0.05) is 6.54 Å². The van der Waals surface area contributed by atoms with Crippen LogP contribution in [0.25, 0.3) is 5.52 Å². The molecule has 13 heteroatoms. The van der Waals surface area contributed by atoms with Crippen molar-refractivity contribution in [3.63, 3.8) is 0 Å². The van der Waals surface area contributed by atoms with E-state index in [1.54, 1.807) is 12.1 Å². The minimum atomic E-state index is -4.03. The minimum Gasteiger partial charge on any atom is -0.495 e. The molecule has 0 aliphatic carbocycles. The number of nitrogens with two attached hydrogens (primary N) is 1. The Balaban J connectivity index is 1.52. The second-order valence-electron chi connectivity index (χ2n) is 7.10. The van der Waals surface area contributed by atoms with Crippen LogP contribution in [-0.4, -0.2) is 65.2 Å². The number of nitrogen functional groups attached to an aromatic ring is 1. The molecule has 1 aliphatic rings. The van der Waals surface area contributed by atoms with Gasteiger partial charge in [-0.05, 0) is 30.3 Å². The van der Waals surface area contributed by atoms with Gasteiger partial charge in [0.25, 0.3) is 0 Å². The van der Waals surface area contributed by atoms with E-state index in [0.717, 1.165) is 0 Å². The van der Waals surface area contributed by atoms with Crippen molar-refractivity contribution in [2.45, 2.75) is 29.3 Å². The first-order valence-electron chi connectivity index (χ1n) is 9.44. The lowest BCUT2D eigenvalue weighted by molar-refractivity contribution is 0.00680. The molecule has 3 heterocycles. The number of sulfonamides is 1. The van der Waals surface area contributed by atoms with Gasteiger partial charge in [-0.3, -0.25) is 0 Å². The van der Waals surface area contributed by atoms with Gasteiger partial charge in [-0.15, -0.1) is 0 Å². The number of nitrogens with one attached hydrogen (secondary N) is 1. The number of anilines is 1. The van der Waals surface area contributed by atoms with Gasteiger partial charge in [-0.1, -0.05) is 0 Å². The maximum Gasteiger partial charge on any atom is 0.240 e. The second kappa shape index (κ2) is 8.34. The summed E-state index contributed by atoms with van der Waals surface area (Å²) >= 11 is 0. The highest BCUT2D eigenvalue weighted by molar-refractivity contribution is 7.89. The predicted molar refractivity (Wildman–Crippen MR) is 110 cm³/mol. The number of nitrogens with zero attached hydrogens (tertiary/aromatic N) is 4. The molecule has 4 atom stereocenters. The molecule has 0 saturated carbocycles. The van der Waals surface area contributed by atoms with Crippen LogP contribution < -0.4 is 15.2 Å². The van der Waals surface area contributed by atoms with Crippen LogP contribution >= 0.6 is 0 Å². The van der Waals surface area contributed by atoms with E-state index in [-0.39, 0.29) is 28.6 Å². The molecular formula is C19H20N6O6S. The molecule has 3 aromatic rings. The topological polar surface area (TPSA) is 185 Å². The normalized spacial score (nSPS) is 23.3. The number of rotatable bonds is 6. The maximum atomic E-state index is 12.7. The summed E-state index contributed by atoms with van der Waals surface area (Å²) in [7, 11) is -2.66. The van der Waals surface area contributed by atoms with Gasteiger partial charge < -0.3 is 25.4 Å². The van der Waals surface area contributed by atoms with Crippen LogP contribution in [0.1, 0.15) is 17.4 Å². The summed E-state index contributed by atoms with van der Waals surface area (Å²) in [6.45, 7) is -0.314. The van der Waals surface area contributed by atoms with Crippen LogP contribution in [0.2, 0.25) is 0 Å². The third kappa shape index (κ3) is 3.74. The molecule has 1 aromatic carbocycles. The van der Waals surface area contributed by atoms with Gasteiger partial charge >= 0.3 is 0 Å². The number of hydrogen-bond acceptors (Lipinski definition) is 10. The van der Waals surface area contributed by atoms with Gasteiger partial charge in [-0.2, -0.15) is 10.4 Å². The molecule has 4 rings (SSSR count). The average Bonchev–Trinajstić information content (AvgIpc) is 3.34. The summed E-state index contributed by atoms with van der Waals surface area (Å²) in [4.78, 5) is 3.74. The molecule has 1 aliphatic heterocycles. The van der Waals surface area contributed by atoms with Gasteiger partial charge in [0.1, 0.15) is 48.1 Å². The molecule has 0 spiro atoms. The molecule has 12 nitrogen and oxygen atoms in total. The van der Waals surface area contributed by atoms with Crippen molar-refractivity contribution in [1.29, 1.82) is 5.26 Å². The molecule has 5 N–H and O–H groups in total. The van der Waals surface area contributed by atoms with Gasteiger partial charge in [0.15, 0.2) is 5.82 Å². The standard InChI is InChI=1S/C19H20N6O6S/c1-30-14-5-2-11(6-10(14)7-20)32(28,29)24-8-15-16(26)17(27)18(31-15)12-3-4-13-19(21)22-9-23-25(12)13/h2-6,9,15-18,24,26-27H,8H2,1H3,(H2,21,22,23)/t15-,16-,17-,18+/m1/s1. The van der Waals surface area contributed by atoms with Gasteiger partial charge in [0.2, 0.25) is 10.0 Å². The third-order valence-electron chi connectivity index (χ3n) is 5.24. The van der Waals surface area contributed by atoms with Gasteiger partial charge in [0.05, 0.1) is 23.3 Å². The molecule has 168 valence electrons. The summed E-state index contributed by atoms with van der Waals surface area (Å²) in [5.41, 5.74) is 6.81. The number of aliphatic hydroxyl groups is 2. The van der Waals surface area contributed by atoms with E-state index >= 15 is 0 Å². The Morgan fingerprint density at radius 2 is 2.09 bits per heavy atom. The number of fused-ring (bicyclic) bond motifs is 1. The predicted octanol–water partition coefficient (Wildman–Crippen LogP) is -0.668.